The molecule has 0 aliphatic carbocycles. The standard InChI is InChI=1S/C20H27N5O3S/c26-18(24-10-8-23(9-11-24)13-16-5-2-1-3-6-16)15-29-20-22-21-19(27)25(20)14-17-7-4-12-28-17/h1-3,5-6,17H,4,7-15H2,(H,21,27)/t17-/m0/s1. The fourth-order valence-corrected chi connectivity index (χ4v) is 4.64. The van der Waals surface area contributed by atoms with Gasteiger partial charge in [0.2, 0.25) is 5.91 Å². The fourth-order valence-electron chi connectivity index (χ4n) is 3.78. The van der Waals surface area contributed by atoms with Crippen LogP contribution in [0, 0.1) is 0 Å². The number of amides is 1. The van der Waals surface area contributed by atoms with Crippen LogP contribution in [0.3, 0.4) is 0 Å². The van der Waals surface area contributed by atoms with Gasteiger partial charge in [0, 0.05) is 39.3 Å². The predicted molar refractivity (Wildman–Crippen MR) is 111 cm³/mol. The summed E-state index contributed by atoms with van der Waals surface area (Å²) in [6.07, 6.45) is 2.03. The van der Waals surface area contributed by atoms with E-state index >= 15 is 0 Å². The zero-order chi connectivity index (χ0) is 20.1. The monoisotopic (exact) mass is 417 g/mol. The van der Waals surface area contributed by atoms with Crippen LogP contribution >= 0.6 is 11.8 Å². The Morgan fingerprint density at radius 3 is 2.72 bits per heavy atom. The number of hydrogen-bond acceptors (Lipinski definition) is 6. The van der Waals surface area contributed by atoms with Crippen molar-refractivity contribution in [2.24, 2.45) is 0 Å². The number of ether oxygens (including phenoxy) is 1. The first-order valence-corrected chi connectivity index (χ1v) is 11.1. The smallest absolute Gasteiger partial charge is 0.344 e. The van der Waals surface area contributed by atoms with Crippen molar-refractivity contribution in [3.05, 3.63) is 46.4 Å². The Bertz CT molecular complexity index is 855. The van der Waals surface area contributed by atoms with Crippen LogP contribution in [0.2, 0.25) is 0 Å². The summed E-state index contributed by atoms with van der Waals surface area (Å²) < 4.78 is 7.21. The van der Waals surface area contributed by atoms with E-state index in [2.05, 4.69) is 39.4 Å². The van der Waals surface area contributed by atoms with Gasteiger partial charge in [-0.2, -0.15) is 0 Å². The first-order valence-electron chi connectivity index (χ1n) is 10.1. The van der Waals surface area contributed by atoms with E-state index in [1.54, 1.807) is 4.57 Å². The number of hydrogen-bond donors (Lipinski definition) is 1. The predicted octanol–water partition coefficient (Wildman–Crippen LogP) is 1.19. The Balaban J connectivity index is 1.25. The van der Waals surface area contributed by atoms with E-state index in [9.17, 15) is 9.59 Å². The molecule has 0 unspecified atom stereocenters. The molecular formula is C20H27N5O3S. The van der Waals surface area contributed by atoms with Crippen LogP contribution in [0.5, 0.6) is 0 Å². The summed E-state index contributed by atoms with van der Waals surface area (Å²) in [7, 11) is 0. The Morgan fingerprint density at radius 1 is 1.21 bits per heavy atom. The van der Waals surface area contributed by atoms with E-state index in [0.29, 0.717) is 11.7 Å². The second-order valence-electron chi connectivity index (χ2n) is 7.49. The number of nitrogens with one attached hydrogen (secondary N) is 1. The third-order valence-corrected chi connectivity index (χ3v) is 6.39. The first kappa shape index (κ1) is 20.2. The van der Waals surface area contributed by atoms with Crippen LogP contribution in [0.4, 0.5) is 0 Å². The molecule has 9 heteroatoms. The van der Waals surface area contributed by atoms with Gasteiger partial charge in [0.1, 0.15) is 0 Å². The van der Waals surface area contributed by atoms with Gasteiger partial charge >= 0.3 is 5.69 Å². The number of carbonyl (C=O) groups is 1. The molecule has 1 aromatic heterocycles. The average molecular weight is 418 g/mol. The lowest BCUT2D eigenvalue weighted by Gasteiger charge is -2.34. The quantitative estimate of drug-likeness (QED) is 0.682. The lowest BCUT2D eigenvalue weighted by molar-refractivity contribution is -0.130. The number of aromatic amines is 1. The summed E-state index contributed by atoms with van der Waals surface area (Å²) >= 11 is 1.32. The van der Waals surface area contributed by atoms with Gasteiger partial charge in [0.05, 0.1) is 18.4 Å². The molecule has 2 fully saturated rings. The highest BCUT2D eigenvalue weighted by atomic mass is 32.2. The van der Waals surface area contributed by atoms with Crippen molar-refractivity contribution in [3.8, 4) is 0 Å². The lowest BCUT2D eigenvalue weighted by atomic mass is 10.2. The minimum Gasteiger partial charge on any atom is -0.376 e. The van der Waals surface area contributed by atoms with Crippen LogP contribution in [0.15, 0.2) is 40.3 Å². The maximum atomic E-state index is 12.6. The number of thioether (sulfide) groups is 1. The zero-order valence-electron chi connectivity index (χ0n) is 16.5. The number of aromatic nitrogens is 3. The zero-order valence-corrected chi connectivity index (χ0v) is 17.3. The molecule has 1 aromatic carbocycles. The highest BCUT2D eigenvalue weighted by molar-refractivity contribution is 7.99. The molecule has 2 saturated heterocycles. The normalized spacial score (nSPS) is 20.3. The van der Waals surface area contributed by atoms with Crippen molar-refractivity contribution in [1.29, 1.82) is 0 Å². The van der Waals surface area contributed by atoms with Crippen molar-refractivity contribution < 1.29 is 9.53 Å². The molecule has 156 valence electrons. The number of piperazine rings is 1. The number of benzene rings is 1. The van der Waals surface area contributed by atoms with Crippen LogP contribution in [-0.4, -0.2) is 75.1 Å². The van der Waals surface area contributed by atoms with Gasteiger partial charge in [0.15, 0.2) is 5.16 Å². The summed E-state index contributed by atoms with van der Waals surface area (Å²) in [5.74, 6) is 0.377. The van der Waals surface area contributed by atoms with Crippen molar-refractivity contribution in [2.75, 3.05) is 38.5 Å². The molecule has 0 radical (unpaired) electrons. The van der Waals surface area contributed by atoms with Gasteiger partial charge in [-0.25, -0.2) is 9.89 Å². The molecule has 4 rings (SSSR count). The molecule has 0 saturated carbocycles. The molecule has 3 heterocycles. The highest BCUT2D eigenvalue weighted by Gasteiger charge is 2.23. The largest absolute Gasteiger partial charge is 0.376 e. The maximum Gasteiger partial charge on any atom is 0.344 e. The second-order valence-corrected chi connectivity index (χ2v) is 8.43. The van der Waals surface area contributed by atoms with E-state index in [4.69, 9.17) is 4.74 Å². The van der Waals surface area contributed by atoms with Crippen LogP contribution in [-0.2, 0) is 22.6 Å². The van der Waals surface area contributed by atoms with Crippen LogP contribution in [0.25, 0.3) is 0 Å². The molecule has 1 amide bonds. The summed E-state index contributed by atoms with van der Waals surface area (Å²) in [6.45, 7) is 5.36. The molecule has 2 aromatic rings. The minimum absolute atomic E-state index is 0.0537. The number of carbonyl (C=O) groups excluding carboxylic acids is 1. The van der Waals surface area contributed by atoms with E-state index in [1.807, 2.05) is 11.0 Å². The highest BCUT2D eigenvalue weighted by Crippen LogP contribution is 2.19. The Hall–Kier alpha value is -2.10. The van der Waals surface area contributed by atoms with Gasteiger partial charge < -0.3 is 9.64 Å². The number of nitrogens with zero attached hydrogens (tertiary/aromatic N) is 4. The SMILES string of the molecule is O=C(CSc1n[nH]c(=O)n1C[C@@H]1CCCO1)N1CCN(Cc2ccccc2)CC1. The third-order valence-electron chi connectivity index (χ3n) is 5.43. The maximum absolute atomic E-state index is 12.6. The van der Waals surface area contributed by atoms with Gasteiger partial charge in [-0.3, -0.25) is 14.3 Å². The summed E-state index contributed by atoms with van der Waals surface area (Å²) in [5.41, 5.74) is 1.05. The number of rotatable bonds is 7. The third kappa shape index (κ3) is 5.29. The molecule has 1 N–H and O–H groups in total. The molecular weight excluding hydrogens is 390 g/mol. The summed E-state index contributed by atoms with van der Waals surface area (Å²) in [4.78, 5) is 29.0. The average Bonchev–Trinajstić information content (AvgIpc) is 3.38. The van der Waals surface area contributed by atoms with E-state index in [1.165, 1.54) is 17.3 Å². The molecule has 8 nitrogen and oxygen atoms in total. The van der Waals surface area contributed by atoms with Crippen LogP contribution < -0.4 is 5.69 Å². The number of H-pyrrole nitrogens is 1. The van der Waals surface area contributed by atoms with E-state index < -0.39 is 0 Å². The molecule has 0 bridgehead atoms. The first-order chi connectivity index (χ1) is 14.2. The van der Waals surface area contributed by atoms with Gasteiger partial charge in [0.25, 0.3) is 0 Å². The molecule has 1 atom stereocenters. The Labute approximate surface area is 174 Å². The van der Waals surface area contributed by atoms with Crippen molar-refractivity contribution in [1.82, 2.24) is 24.6 Å². The topological polar surface area (TPSA) is 83.5 Å². The molecule has 2 aliphatic heterocycles. The van der Waals surface area contributed by atoms with Gasteiger partial charge in [-0.05, 0) is 18.4 Å². The molecule has 29 heavy (non-hydrogen) atoms. The van der Waals surface area contributed by atoms with Crippen LogP contribution in [0.1, 0.15) is 18.4 Å². The van der Waals surface area contributed by atoms with E-state index in [0.717, 1.165) is 52.2 Å². The minimum atomic E-state index is -0.245. The molecule has 2 aliphatic rings. The fraction of sp³-hybridized carbons (Fsp3) is 0.550. The Morgan fingerprint density at radius 2 is 2.00 bits per heavy atom. The summed E-state index contributed by atoms with van der Waals surface area (Å²) in [5, 5.41) is 7.14. The van der Waals surface area contributed by atoms with E-state index in [-0.39, 0.29) is 23.5 Å². The van der Waals surface area contributed by atoms with Crippen molar-refractivity contribution in [3.63, 3.8) is 0 Å². The van der Waals surface area contributed by atoms with Gasteiger partial charge in [-0.1, -0.05) is 42.1 Å². The summed E-state index contributed by atoms with van der Waals surface area (Å²) in [6, 6.07) is 10.4. The van der Waals surface area contributed by atoms with Crippen molar-refractivity contribution >= 4 is 17.7 Å². The molecule has 0 spiro atoms. The van der Waals surface area contributed by atoms with Crippen molar-refractivity contribution in [2.45, 2.75) is 37.2 Å². The Kier molecular flexibility index (Phi) is 6.68. The van der Waals surface area contributed by atoms with Gasteiger partial charge in [-0.15, -0.1) is 5.10 Å². The lowest BCUT2D eigenvalue weighted by Crippen LogP contribution is -2.48. The second kappa shape index (κ2) is 9.60.